The van der Waals surface area contributed by atoms with Crippen molar-refractivity contribution in [2.24, 2.45) is 10.1 Å². The lowest BCUT2D eigenvalue weighted by molar-refractivity contribution is -0.114. The minimum atomic E-state index is -0.461. The van der Waals surface area contributed by atoms with Crippen LogP contribution in [0, 0.1) is 26.2 Å². The van der Waals surface area contributed by atoms with Gasteiger partial charge in [0, 0.05) is 11.4 Å². The van der Waals surface area contributed by atoms with E-state index in [1.54, 1.807) is 13.2 Å². The molecule has 5 rings (SSSR count). The van der Waals surface area contributed by atoms with Crippen LogP contribution < -0.4 is 9.47 Å². The highest BCUT2D eigenvalue weighted by Gasteiger charge is 2.36. The molecule has 0 aliphatic carbocycles. The number of nitrogens with one attached hydrogen (secondary N) is 1. The number of amidine groups is 2. The number of carbonyl (C=O) groups is 1. The van der Waals surface area contributed by atoms with Crippen molar-refractivity contribution < 1.29 is 14.3 Å². The fourth-order valence-corrected chi connectivity index (χ4v) is 5.02. The number of hydrazone groups is 1. The van der Waals surface area contributed by atoms with Gasteiger partial charge >= 0.3 is 0 Å². The number of aromatic nitrogens is 1. The Morgan fingerprint density at radius 3 is 2.53 bits per heavy atom. The van der Waals surface area contributed by atoms with Crippen molar-refractivity contribution in [2.75, 3.05) is 13.7 Å². The third-order valence-electron chi connectivity index (χ3n) is 6.04. The van der Waals surface area contributed by atoms with Gasteiger partial charge in [0.2, 0.25) is 5.17 Å². The largest absolute Gasteiger partial charge is 0.495 e. The Labute approximate surface area is 213 Å². The van der Waals surface area contributed by atoms with Gasteiger partial charge in [0.25, 0.3) is 5.91 Å². The maximum atomic E-state index is 12.9. The summed E-state index contributed by atoms with van der Waals surface area (Å²) in [5, 5.41) is 15.6. The Hall–Kier alpha value is -4.11. The number of methoxy groups -OCH3 is 1. The van der Waals surface area contributed by atoms with Crippen molar-refractivity contribution in [1.29, 1.82) is 5.41 Å². The summed E-state index contributed by atoms with van der Waals surface area (Å²) in [4.78, 5) is 17.1. The van der Waals surface area contributed by atoms with Gasteiger partial charge in [-0.1, -0.05) is 30.3 Å². The molecule has 1 aromatic heterocycles. The van der Waals surface area contributed by atoms with Gasteiger partial charge in [-0.2, -0.15) is 15.1 Å². The maximum Gasteiger partial charge on any atom is 0.283 e. The Balaban J connectivity index is 1.42. The van der Waals surface area contributed by atoms with Gasteiger partial charge in [-0.15, -0.1) is 0 Å². The minimum Gasteiger partial charge on any atom is -0.495 e. The van der Waals surface area contributed by atoms with E-state index in [4.69, 9.17) is 14.9 Å². The van der Waals surface area contributed by atoms with Gasteiger partial charge in [0.1, 0.15) is 23.1 Å². The molecule has 0 fully saturated rings. The van der Waals surface area contributed by atoms with Crippen LogP contribution in [0.3, 0.4) is 0 Å². The summed E-state index contributed by atoms with van der Waals surface area (Å²) in [5.74, 6) is 1.05. The monoisotopic (exact) mass is 499 g/mol. The highest BCUT2D eigenvalue weighted by atomic mass is 32.2. The number of aliphatic imine (C=N–C) groups is 1. The zero-order valence-electron chi connectivity index (χ0n) is 20.4. The van der Waals surface area contributed by atoms with Crippen molar-refractivity contribution in [3.63, 3.8) is 0 Å². The Morgan fingerprint density at radius 2 is 1.78 bits per heavy atom. The van der Waals surface area contributed by atoms with E-state index in [-0.39, 0.29) is 18.0 Å². The van der Waals surface area contributed by atoms with Crippen LogP contribution in [-0.2, 0) is 4.79 Å². The van der Waals surface area contributed by atoms with Crippen molar-refractivity contribution in [3.8, 4) is 17.2 Å². The van der Waals surface area contributed by atoms with Crippen LogP contribution in [0.2, 0.25) is 0 Å². The van der Waals surface area contributed by atoms with E-state index in [1.807, 2.05) is 75.4 Å². The van der Waals surface area contributed by atoms with Gasteiger partial charge in [-0.25, -0.2) is 0 Å². The molecule has 36 heavy (non-hydrogen) atoms. The molecule has 0 bridgehead atoms. The van der Waals surface area contributed by atoms with Crippen LogP contribution in [0.4, 0.5) is 0 Å². The third-order valence-corrected chi connectivity index (χ3v) is 6.92. The first kappa shape index (κ1) is 23.6. The molecule has 8 nitrogen and oxygen atoms in total. The summed E-state index contributed by atoms with van der Waals surface area (Å²) in [7, 11) is 1.64. The molecule has 3 heterocycles. The Kier molecular flexibility index (Phi) is 6.24. The third kappa shape index (κ3) is 4.22. The van der Waals surface area contributed by atoms with E-state index in [0.29, 0.717) is 10.2 Å². The zero-order chi connectivity index (χ0) is 25.4. The number of nitrogens with zero attached hydrogens (tertiary/aromatic N) is 4. The van der Waals surface area contributed by atoms with Gasteiger partial charge in [-0.3, -0.25) is 10.2 Å². The van der Waals surface area contributed by atoms with Gasteiger partial charge in [0.05, 0.1) is 18.4 Å². The molecule has 0 spiro atoms. The van der Waals surface area contributed by atoms with Gasteiger partial charge < -0.3 is 14.0 Å². The second kappa shape index (κ2) is 9.50. The fourth-order valence-electron chi connectivity index (χ4n) is 4.22. The number of thioether (sulfide) groups is 1. The fraction of sp³-hybridized carbons (Fsp3) is 0.185. The Morgan fingerprint density at radius 1 is 1.06 bits per heavy atom. The molecule has 9 heteroatoms. The van der Waals surface area contributed by atoms with Crippen molar-refractivity contribution in [1.82, 2.24) is 9.58 Å². The van der Waals surface area contributed by atoms with Gasteiger partial charge in [-0.05, 0) is 74.0 Å². The summed E-state index contributed by atoms with van der Waals surface area (Å²) < 4.78 is 13.5. The summed E-state index contributed by atoms with van der Waals surface area (Å²) in [6, 6.07) is 17.5. The van der Waals surface area contributed by atoms with Crippen molar-refractivity contribution in [3.05, 3.63) is 82.7 Å². The molecule has 1 N–H and O–H groups in total. The number of fused-ring (bicyclic) bond motifs is 1. The highest BCUT2D eigenvalue weighted by Crippen LogP contribution is 2.32. The topological polar surface area (TPSA) is 92.3 Å². The predicted molar refractivity (Wildman–Crippen MR) is 143 cm³/mol. The molecule has 2 aromatic carbocycles. The Bertz CT molecular complexity index is 1480. The van der Waals surface area contributed by atoms with Crippen LogP contribution in [0.25, 0.3) is 11.8 Å². The predicted octanol–water partition coefficient (Wildman–Crippen LogP) is 5.11. The summed E-state index contributed by atoms with van der Waals surface area (Å²) >= 11 is 1.24. The molecule has 0 saturated carbocycles. The number of rotatable bonds is 6. The molecule has 0 atom stereocenters. The average Bonchev–Trinajstić information content (AvgIpc) is 3.40. The number of benzene rings is 2. The molecule has 0 radical (unpaired) electrons. The quantitative estimate of drug-likeness (QED) is 0.476. The number of ether oxygens (including phenoxy) is 2. The standard InChI is InChI=1S/C27H25N5O3S/c1-16-9-5-7-11-22(16)35-15-24-30-32-25(28)20(26(33)29-27(32)36-24)14-19-13-17(2)31(18(19)3)21-10-6-8-12-23(21)34-4/h5-14,28H,15H2,1-4H3/b20-14-,28-25?. The zero-order valence-corrected chi connectivity index (χ0v) is 21.2. The van der Waals surface area contributed by atoms with Gasteiger partial charge in [0.15, 0.2) is 5.84 Å². The SMILES string of the molecule is COc1ccccc1-n1c(C)cc(/C=C2/C(=N)N3N=C(COc4ccccc4C)SC3=NC2=O)c1C. The van der Waals surface area contributed by atoms with Crippen molar-refractivity contribution in [2.45, 2.75) is 20.8 Å². The van der Waals surface area contributed by atoms with Crippen LogP contribution >= 0.6 is 11.8 Å². The number of amides is 1. The smallest absolute Gasteiger partial charge is 0.283 e. The lowest BCUT2D eigenvalue weighted by Gasteiger charge is -2.20. The molecule has 182 valence electrons. The molecule has 1 amide bonds. The first-order valence-corrected chi connectivity index (χ1v) is 12.2. The molecule has 2 aliphatic heterocycles. The minimum absolute atomic E-state index is 0.00881. The van der Waals surface area contributed by atoms with Crippen LogP contribution in [0.5, 0.6) is 11.5 Å². The van der Waals surface area contributed by atoms with Crippen molar-refractivity contribution >= 4 is 39.8 Å². The van der Waals surface area contributed by atoms with E-state index in [0.717, 1.165) is 39.7 Å². The van der Waals surface area contributed by atoms with Crippen LogP contribution in [0.1, 0.15) is 22.5 Å². The number of para-hydroxylation sites is 3. The summed E-state index contributed by atoms with van der Waals surface area (Å²) in [6.45, 7) is 6.17. The molecular formula is C27H25N5O3S. The molecule has 2 aliphatic rings. The normalized spacial score (nSPS) is 16.2. The van der Waals surface area contributed by atoms with E-state index in [9.17, 15) is 4.79 Å². The second-order valence-electron chi connectivity index (χ2n) is 8.40. The molecule has 3 aromatic rings. The summed E-state index contributed by atoms with van der Waals surface area (Å²) in [6.07, 6.45) is 1.71. The van der Waals surface area contributed by atoms with Crippen LogP contribution in [-0.4, -0.2) is 45.2 Å². The first-order chi connectivity index (χ1) is 17.4. The molecular weight excluding hydrogens is 474 g/mol. The molecule has 0 unspecified atom stereocenters. The average molecular weight is 500 g/mol. The maximum absolute atomic E-state index is 12.9. The number of hydrogen-bond acceptors (Lipinski definition) is 6. The number of aryl methyl sites for hydroxylation is 2. The second-order valence-corrected chi connectivity index (χ2v) is 9.44. The number of carbonyl (C=O) groups excluding carboxylic acids is 1. The van der Waals surface area contributed by atoms with E-state index < -0.39 is 5.91 Å². The first-order valence-electron chi connectivity index (χ1n) is 11.4. The van der Waals surface area contributed by atoms with E-state index in [2.05, 4.69) is 14.7 Å². The highest BCUT2D eigenvalue weighted by molar-refractivity contribution is 8.27. The van der Waals surface area contributed by atoms with E-state index in [1.165, 1.54) is 16.8 Å². The lowest BCUT2D eigenvalue weighted by Crippen LogP contribution is -2.35. The summed E-state index contributed by atoms with van der Waals surface area (Å²) in [5.41, 5.74) is 4.84. The molecule has 0 saturated heterocycles. The lowest BCUT2D eigenvalue weighted by atomic mass is 10.1. The number of hydrogen-bond donors (Lipinski definition) is 1. The van der Waals surface area contributed by atoms with E-state index >= 15 is 0 Å². The van der Waals surface area contributed by atoms with Crippen LogP contribution in [0.15, 0.2) is 70.3 Å².